The van der Waals surface area contributed by atoms with E-state index in [0.717, 1.165) is 19.4 Å². The van der Waals surface area contributed by atoms with Gasteiger partial charge in [0.15, 0.2) is 5.11 Å². The molecule has 0 aliphatic carbocycles. The zero-order valence-corrected chi connectivity index (χ0v) is 11.6. The third kappa shape index (κ3) is 4.04. The molecule has 1 aliphatic rings. The summed E-state index contributed by atoms with van der Waals surface area (Å²) in [6, 6.07) is 6.35. The minimum absolute atomic E-state index is 0.0121. The van der Waals surface area contributed by atoms with Crippen LogP contribution in [0.1, 0.15) is 12.8 Å². The van der Waals surface area contributed by atoms with Crippen LogP contribution in [0.25, 0.3) is 0 Å². The van der Waals surface area contributed by atoms with Crippen molar-refractivity contribution >= 4 is 28.7 Å². The van der Waals surface area contributed by atoms with Crippen LogP contribution >= 0.6 is 12.2 Å². The van der Waals surface area contributed by atoms with E-state index < -0.39 is 4.92 Å². The van der Waals surface area contributed by atoms with Gasteiger partial charge in [-0.15, -0.1) is 0 Å². The number of hydrogen-bond donors (Lipinski definition) is 3. The molecule has 1 aromatic carbocycles. The van der Waals surface area contributed by atoms with Crippen molar-refractivity contribution in [2.24, 2.45) is 0 Å². The van der Waals surface area contributed by atoms with Crippen LogP contribution in [0.4, 0.5) is 11.4 Å². The lowest BCUT2D eigenvalue weighted by Crippen LogP contribution is -2.42. The van der Waals surface area contributed by atoms with Gasteiger partial charge in [0, 0.05) is 19.2 Å². The molecule has 0 bridgehead atoms. The highest BCUT2D eigenvalue weighted by molar-refractivity contribution is 7.80. The topological polar surface area (TPSA) is 88.5 Å². The predicted molar refractivity (Wildman–Crippen MR) is 79.4 cm³/mol. The van der Waals surface area contributed by atoms with E-state index in [0.29, 0.717) is 17.3 Å². The van der Waals surface area contributed by atoms with Gasteiger partial charge in [0.05, 0.1) is 11.0 Å². The Morgan fingerprint density at radius 3 is 3.00 bits per heavy atom. The fourth-order valence-electron chi connectivity index (χ4n) is 1.92. The molecule has 0 spiro atoms. The van der Waals surface area contributed by atoms with Crippen LogP contribution in [-0.2, 0) is 4.74 Å². The molecule has 0 aromatic heterocycles. The molecule has 0 saturated carbocycles. The van der Waals surface area contributed by atoms with Crippen LogP contribution in [0.3, 0.4) is 0 Å². The van der Waals surface area contributed by atoms with Crippen molar-refractivity contribution in [2.75, 3.05) is 18.6 Å². The molecule has 0 amide bonds. The number of anilines is 1. The summed E-state index contributed by atoms with van der Waals surface area (Å²) in [5.41, 5.74) is 5.81. The number of rotatable bonds is 5. The average molecular weight is 296 g/mol. The number of nitrogens with zero attached hydrogens (tertiary/aromatic N) is 1. The van der Waals surface area contributed by atoms with Crippen LogP contribution in [0.15, 0.2) is 24.3 Å². The van der Waals surface area contributed by atoms with Gasteiger partial charge >= 0.3 is 0 Å². The number of thiocarbonyl (C=S) groups is 1. The van der Waals surface area contributed by atoms with E-state index >= 15 is 0 Å². The van der Waals surface area contributed by atoms with Gasteiger partial charge in [-0.1, -0.05) is 12.1 Å². The molecule has 1 aromatic rings. The Kier molecular flexibility index (Phi) is 5.08. The fraction of sp³-hybridized carbons (Fsp3) is 0.417. The van der Waals surface area contributed by atoms with Gasteiger partial charge in [0.1, 0.15) is 5.69 Å². The molecule has 3 N–H and O–H groups in total. The molecule has 1 aliphatic heterocycles. The first-order valence-electron chi connectivity index (χ1n) is 6.31. The maximum absolute atomic E-state index is 10.8. The van der Waals surface area contributed by atoms with E-state index in [4.69, 9.17) is 17.0 Å². The van der Waals surface area contributed by atoms with Gasteiger partial charge < -0.3 is 10.1 Å². The number of nitro groups is 1. The molecule has 1 atom stereocenters. The normalized spacial score (nSPS) is 17.5. The Morgan fingerprint density at radius 2 is 2.30 bits per heavy atom. The molecular weight excluding hydrogens is 280 g/mol. The van der Waals surface area contributed by atoms with Crippen LogP contribution in [0.5, 0.6) is 0 Å². The Morgan fingerprint density at radius 1 is 1.50 bits per heavy atom. The number of hydrogen-bond acceptors (Lipinski definition) is 5. The SMILES string of the molecule is O=[N+]([O-])c1ccccc1NNC(=S)NCC1CCCO1. The van der Waals surface area contributed by atoms with E-state index in [-0.39, 0.29) is 11.8 Å². The molecule has 0 radical (unpaired) electrons. The number of ether oxygens (including phenoxy) is 1. The van der Waals surface area contributed by atoms with E-state index in [1.165, 1.54) is 6.07 Å². The quantitative estimate of drug-likeness (QED) is 0.432. The Hall–Kier alpha value is -1.93. The standard InChI is InChI=1S/C12H16N4O3S/c17-16(18)11-6-2-1-5-10(11)14-15-12(20)13-8-9-4-3-7-19-9/h1-2,5-6,9,14H,3-4,7-8H2,(H2,13,15,20). The highest BCUT2D eigenvalue weighted by Gasteiger charge is 2.15. The Bertz CT molecular complexity index is 491. The summed E-state index contributed by atoms with van der Waals surface area (Å²) in [6.07, 6.45) is 2.27. The van der Waals surface area contributed by atoms with Crippen molar-refractivity contribution < 1.29 is 9.66 Å². The number of nitro benzene ring substituents is 1. The van der Waals surface area contributed by atoms with E-state index in [1.54, 1.807) is 18.2 Å². The summed E-state index contributed by atoms with van der Waals surface area (Å²) in [5, 5.41) is 14.2. The van der Waals surface area contributed by atoms with Gasteiger partial charge in [-0.05, 0) is 31.1 Å². The zero-order valence-electron chi connectivity index (χ0n) is 10.8. The number of nitrogens with one attached hydrogen (secondary N) is 3. The van der Waals surface area contributed by atoms with Crippen molar-refractivity contribution in [1.82, 2.24) is 10.7 Å². The summed E-state index contributed by atoms with van der Waals surface area (Å²) < 4.78 is 5.46. The van der Waals surface area contributed by atoms with Gasteiger partial charge in [0.2, 0.25) is 0 Å². The summed E-state index contributed by atoms with van der Waals surface area (Å²) >= 11 is 5.09. The lowest BCUT2D eigenvalue weighted by Gasteiger charge is -2.15. The fourth-order valence-corrected chi connectivity index (χ4v) is 2.05. The second kappa shape index (κ2) is 7.01. The first-order valence-corrected chi connectivity index (χ1v) is 6.72. The highest BCUT2D eigenvalue weighted by Crippen LogP contribution is 2.22. The summed E-state index contributed by atoms with van der Waals surface area (Å²) in [4.78, 5) is 10.4. The zero-order chi connectivity index (χ0) is 14.4. The summed E-state index contributed by atoms with van der Waals surface area (Å²) in [6.45, 7) is 1.42. The number of hydrazine groups is 1. The minimum Gasteiger partial charge on any atom is -0.376 e. The second-order valence-corrected chi connectivity index (χ2v) is 4.78. The summed E-state index contributed by atoms with van der Waals surface area (Å²) in [7, 11) is 0. The lowest BCUT2D eigenvalue weighted by molar-refractivity contribution is -0.384. The van der Waals surface area contributed by atoms with Crippen molar-refractivity contribution in [2.45, 2.75) is 18.9 Å². The highest BCUT2D eigenvalue weighted by atomic mass is 32.1. The van der Waals surface area contributed by atoms with Gasteiger partial charge in [-0.2, -0.15) is 0 Å². The first-order chi connectivity index (χ1) is 9.66. The maximum atomic E-state index is 10.8. The van der Waals surface area contributed by atoms with E-state index in [1.807, 2.05) is 0 Å². The van der Waals surface area contributed by atoms with Crippen LogP contribution in [-0.4, -0.2) is 29.3 Å². The van der Waals surface area contributed by atoms with E-state index in [2.05, 4.69) is 16.2 Å². The average Bonchev–Trinajstić information content (AvgIpc) is 2.96. The van der Waals surface area contributed by atoms with Gasteiger partial charge in [-0.25, -0.2) is 0 Å². The molecule has 1 heterocycles. The molecule has 1 unspecified atom stereocenters. The van der Waals surface area contributed by atoms with Crippen molar-refractivity contribution in [3.05, 3.63) is 34.4 Å². The molecule has 7 nitrogen and oxygen atoms in total. The molecule has 1 fully saturated rings. The third-order valence-electron chi connectivity index (χ3n) is 2.93. The Labute approximate surface area is 121 Å². The number of para-hydroxylation sites is 2. The van der Waals surface area contributed by atoms with Crippen LogP contribution in [0.2, 0.25) is 0 Å². The van der Waals surface area contributed by atoms with Crippen molar-refractivity contribution in [3.8, 4) is 0 Å². The summed E-state index contributed by atoms with van der Waals surface area (Å²) in [5.74, 6) is 0. The van der Waals surface area contributed by atoms with E-state index in [9.17, 15) is 10.1 Å². The predicted octanol–water partition coefficient (Wildman–Crippen LogP) is 1.56. The smallest absolute Gasteiger partial charge is 0.294 e. The number of benzene rings is 1. The monoisotopic (exact) mass is 296 g/mol. The molecular formula is C12H16N4O3S. The largest absolute Gasteiger partial charge is 0.376 e. The third-order valence-corrected chi connectivity index (χ3v) is 3.17. The second-order valence-electron chi connectivity index (χ2n) is 4.37. The molecule has 20 heavy (non-hydrogen) atoms. The minimum atomic E-state index is -0.452. The van der Waals surface area contributed by atoms with Crippen molar-refractivity contribution in [1.29, 1.82) is 0 Å². The van der Waals surface area contributed by atoms with Crippen LogP contribution in [0, 0.1) is 10.1 Å². The molecule has 2 rings (SSSR count). The first kappa shape index (κ1) is 14.5. The lowest BCUT2D eigenvalue weighted by atomic mass is 10.2. The maximum Gasteiger partial charge on any atom is 0.294 e. The Balaban J connectivity index is 1.79. The van der Waals surface area contributed by atoms with Crippen LogP contribution < -0.4 is 16.2 Å². The molecule has 108 valence electrons. The van der Waals surface area contributed by atoms with Gasteiger partial charge in [0.25, 0.3) is 5.69 Å². The van der Waals surface area contributed by atoms with Crippen molar-refractivity contribution in [3.63, 3.8) is 0 Å². The molecule has 8 heteroatoms. The molecule has 1 saturated heterocycles. The van der Waals surface area contributed by atoms with Gasteiger partial charge in [-0.3, -0.25) is 21.0 Å².